The van der Waals surface area contributed by atoms with Crippen LogP contribution < -0.4 is 9.64 Å². The normalized spacial score (nSPS) is 19.9. The highest BCUT2D eigenvalue weighted by Crippen LogP contribution is 2.30. The molecular formula is C25H34ClN3O5S. The number of rotatable bonds is 7. The van der Waals surface area contributed by atoms with E-state index in [4.69, 9.17) is 16.3 Å². The van der Waals surface area contributed by atoms with Gasteiger partial charge in [-0.1, -0.05) is 18.5 Å². The van der Waals surface area contributed by atoms with E-state index in [-0.39, 0.29) is 42.3 Å². The largest absolute Gasteiger partial charge is 0.488 e. The van der Waals surface area contributed by atoms with Crippen LogP contribution in [0.15, 0.2) is 47.4 Å². The molecule has 3 atom stereocenters. The number of anilines is 1. The second-order valence-electron chi connectivity index (χ2n) is 9.31. The lowest BCUT2D eigenvalue weighted by atomic mass is 10.0. The number of hydrogen-bond donors (Lipinski definition) is 1. The monoisotopic (exact) mass is 523 g/mol. The first kappa shape index (κ1) is 27.3. The van der Waals surface area contributed by atoms with Crippen LogP contribution in [0.1, 0.15) is 19.4 Å². The summed E-state index contributed by atoms with van der Waals surface area (Å²) in [6.07, 6.45) is -0.412. The van der Waals surface area contributed by atoms with Gasteiger partial charge in [0.05, 0.1) is 30.5 Å². The standard InChI is InChI=1S/C25H34ClN3O5S/c1-17-14-29(18(2)16-30)25(31)13-19-12-21(27(3)4)8-11-23(19)34-24(17)15-28(5)35(32,33)22-9-6-20(26)7-10-22/h6-12,17-18,24,30H,13-16H2,1-5H3/t17-,18-,24+/m1/s1. The van der Waals surface area contributed by atoms with E-state index >= 15 is 0 Å². The number of ether oxygens (including phenoxy) is 1. The van der Waals surface area contributed by atoms with Gasteiger partial charge in [-0.3, -0.25) is 4.79 Å². The average Bonchev–Trinajstić information content (AvgIpc) is 2.86. The fraction of sp³-hybridized carbons (Fsp3) is 0.480. The molecule has 0 saturated carbocycles. The van der Waals surface area contributed by atoms with Gasteiger partial charge in [-0.2, -0.15) is 4.31 Å². The average molecular weight is 524 g/mol. The summed E-state index contributed by atoms with van der Waals surface area (Å²) in [6, 6.07) is 11.3. The summed E-state index contributed by atoms with van der Waals surface area (Å²) < 4.78 is 34.1. The zero-order valence-corrected chi connectivity index (χ0v) is 22.4. The van der Waals surface area contributed by atoms with Gasteiger partial charge in [0.25, 0.3) is 0 Å². The third kappa shape index (κ3) is 6.27. The lowest BCUT2D eigenvalue weighted by molar-refractivity contribution is -0.134. The number of amides is 1. The van der Waals surface area contributed by atoms with Gasteiger partial charge in [0.15, 0.2) is 0 Å². The third-order valence-corrected chi connectivity index (χ3v) is 8.46. The van der Waals surface area contributed by atoms with E-state index in [1.165, 1.54) is 23.5 Å². The number of likely N-dealkylation sites (N-methyl/N-ethyl adjacent to an activating group) is 1. The number of sulfonamides is 1. The topological polar surface area (TPSA) is 90.4 Å². The molecule has 3 rings (SSSR count). The van der Waals surface area contributed by atoms with Crippen LogP contribution in [0.25, 0.3) is 0 Å². The van der Waals surface area contributed by atoms with Crippen molar-refractivity contribution in [2.24, 2.45) is 5.92 Å². The first-order valence-corrected chi connectivity index (χ1v) is 13.3. The molecule has 10 heteroatoms. The van der Waals surface area contributed by atoms with E-state index < -0.39 is 16.1 Å². The van der Waals surface area contributed by atoms with Crippen molar-refractivity contribution >= 4 is 33.2 Å². The summed E-state index contributed by atoms with van der Waals surface area (Å²) in [6.45, 7) is 3.97. The molecule has 8 nitrogen and oxygen atoms in total. The second kappa shape index (κ2) is 11.2. The number of aliphatic hydroxyl groups is 1. The molecule has 0 aromatic heterocycles. The molecule has 2 aromatic carbocycles. The Morgan fingerprint density at radius 1 is 1.17 bits per heavy atom. The molecule has 1 N–H and O–H groups in total. The van der Waals surface area contributed by atoms with Crippen molar-refractivity contribution in [3.8, 4) is 5.75 Å². The van der Waals surface area contributed by atoms with Crippen molar-refractivity contribution < 1.29 is 23.1 Å². The maximum absolute atomic E-state index is 13.2. The molecule has 1 heterocycles. The Morgan fingerprint density at radius 2 is 1.83 bits per heavy atom. The molecule has 1 amide bonds. The molecule has 0 radical (unpaired) electrons. The van der Waals surface area contributed by atoms with Crippen LogP contribution >= 0.6 is 11.6 Å². The fourth-order valence-electron chi connectivity index (χ4n) is 4.05. The van der Waals surface area contributed by atoms with Crippen molar-refractivity contribution in [1.29, 1.82) is 0 Å². The molecular weight excluding hydrogens is 490 g/mol. The molecule has 2 aromatic rings. The highest BCUT2D eigenvalue weighted by Gasteiger charge is 2.33. The number of carbonyl (C=O) groups is 1. The molecule has 192 valence electrons. The molecule has 0 aliphatic carbocycles. The zero-order chi connectivity index (χ0) is 25.9. The minimum absolute atomic E-state index is 0.0799. The molecule has 0 spiro atoms. The van der Waals surface area contributed by atoms with Gasteiger partial charge in [0, 0.05) is 49.9 Å². The Morgan fingerprint density at radius 3 is 2.43 bits per heavy atom. The van der Waals surface area contributed by atoms with E-state index in [1.807, 2.05) is 44.1 Å². The minimum atomic E-state index is -3.78. The quantitative estimate of drug-likeness (QED) is 0.600. The van der Waals surface area contributed by atoms with Gasteiger partial charge in [0.2, 0.25) is 15.9 Å². The smallest absolute Gasteiger partial charge is 0.242 e. The Bertz CT molecular complexity index is 1140. The van der Waals surface area contributed by atoms with Crippen LogP contribution in [0.3, 0.4) is 0 Å². The molecule has 35 heavy (non-hydrogen) atoms. The first-order chi connectivity index (χ1) is 16.4. The number of carbonyl (C=O) groups excluding carboxylic acids is 1. The van der Waals surface area contributed by atoms with Crippen molar-refractivity contribution in [3.05, 3.63) is 53.1 Å². The van der Waals surface area contributed by atoms with Crippen molar-refractivity contribution in [2.75, 3.05) is 45.7 Å². The molecule has 0 unspecified atom stereocenters. The number of fused-ring (bicyclic) bond motifs is 1. The second-order valence-corrected chi connectivity index (χ2v) is 11.8. The van der Waals surface area contributed by atoms with Crippen molar-refractivity contribution in [3.63, 3.8) is 0 Å². The molecule has 0 saturated heterocycles. The van der Waals surface area contributed by atoms with E-state index in [1.54, 1.807) is 24.0 Å². The van der Waals surface area contributed by atoms with Crippen LogP contribution in [-0.2, 0) is 21.2 Å². The van der Waals surface area contributed by atoms with Crippen molar-refractivity contribution in [2.45, 2.75) is 37.3 Å². The number of hydrogen-bond acceptors (Lipinski definition) is 6. The number of benzene rings is 2. The van der Waals surface area contributed by atoms with Gasteiger partial charge >= 0.3 is 0 Å². The van der Waals surface area contributed by atoms with Crippen LogP contribution in [-0.4, -0.2) is 81.6 Å². The maximum Gasteiger partial charge on any atom is 0.242 e. The van der Waals surface area contributed by atoms with E-state index in [0.29, 0.717) is 17.3 Å². The predicted molar refractivity (Wildman–Crippen MR) is 138 cm³/mol. The summed E-state index contributed by atoms with van der Waals surface area (Å²) in [4.78, 5) is 17.0. The van der Waals surface area contributed by atoms with Crippen LogP contribution in [0, 0.1) is 5.92 Å². The first-order valence-electron chi connectivity index (χ1n) is 11.5. The van der Waals surface area contributed by atoms with Gasteiger partial charge in [-0.15, -0.1) is 0 Å². The van der Waals surface area contributed by atoms with Crippen LogP contribution in [0.2, 0.25) is 5.02 Å². The highest BCUT2D eigenvalue weighted by molar-refractivity contribution is 7.89. The van der Waals surface area contributed by atoms with Gasteiger partial charge in [-0.25, -0.2) is 8.42 Å². The molecule has 1 aliphatic rings. The van der Waals surface area contributed by atoms with Gasteiger partial charge in [0.1, 0.15) is 11.9 Å². The van der Waals surface area contributed by atoms with E-state index in [9.17, 15) is 18.3 Å². The van der Waals surface area contributed by atoms with Crippen molar-refractivity contribution in [1.82, 2.24) is 9.21 Å². The fourth-order valence-corrected chi connectivity index (χ4v) is 5.36. The lowest BCUT2D eigenvalue weighted by Crippen LogP contribution is -2.48. The van der Waals surface area contributed by atoms with Gasteiger partial charge < -0.3 is 19.6 Å². The maximum atomic E-state index is 13.2. The SMILES string of the molecule is C[C@@H]1CN([C@H](C)CO)C(=O)Cc2cc(N(C)C)ccc2O[C@H]1CN(C)S(=O)(=O)c1ccc(Cl)cc1. The number of aliphatic hydroxyl groups excluding tert-OH is 1. The Balaban J connectivity index is 1.97. The summed E-state index contributed by atoms with van der Waals surface area (Å²) >= 11 is 5.93. The number of halogens is 1. The molecule has 1 aliphatic heterocycles. The molecule has 0 bridgehead atoms. The Kier molecular flexibility index (Phi) is 8.69. The minimum Gasteiger partial charge on any atom is -0.488 e. The lowest BCUT2D eigenvalue weighted by Gasteiger charge is -2.33. The highest BCUT2D eigenvalue weighted by atomic mass is 35.5. The zero-order valence-electron chi connectivity index (χ0n) is 20.8. The Hall–Kier alpha value is -2.33. The Labute approximate surface area is 213 Å². The van der Waals surface area contributed by atoms with Gasteiger partial charge in [-0.05, 0) is 49.4 Å². The summed E-state index contributed by atoms with van der Waals surface area (Å²) in [7, 11) is 1.57. The molecule has 0 fully saturated rings. The van der Waals surface area contributed by atoms with E-state index in [0.717, 1.165) is 11.3 Å². The summed E-state index contributed by atoms with van der Waals surface area (Å²) in [5.74, 6) is 0.230. The number of nitrogens with zero attached hydrogens (tertiary/aromatic N) is 3. The summed E-state index contributed by atoms with van der Waals surface area (Å²) in [5, 5.41) is 10.2. The van der Waals surface area contributed by atoms with E-state index in [2.05, 4.69) is 0 Å². The summed E-state index contributed by atoms with van der Waals surface area (Å²) in [5.41, 5.74) is 1.65. The predicted octanol–water partition coefficient (Wildman–Crippen LogP) is 2.88. The van der Waals surface area contributed by atoms with Crippen LogP contribution in [0.5, 0.6) is 5.75 Å². The van der Waals surface area contributed by atoms with Crippen LogP contribution in [0.4, 0.5) is 5.69 Å². The third-order valence-electron chi connectivity index (χ3n) is 6.38.